The summed E-state index contributed by atoms with van der Waals surface area (Å²) in [7, 11) is 0. The molecule has 0 unspecified atom stereocenters. The highest BCUT2D eigenvalue weighted by atomic mass is 35.5. The molecule has 6 heteroatoms. The molecule has 1 aromatic heterocycles. The molecule has 1 saturated heterocycles. The van der Waals surface area contributed by atoms with Crippen LogP contribution in [0.3, 0.4) is 0 Å². The van der Waals surface area contributed by atoms with Crippen molar-refractivity contribution in [2.24, 2.45) is 0 Å². The largest absolute Gasteiger partial charge is 0.346 e. The van der Waals surface area contributed by atoms with Crippen molar-refractivity contribution in [1.82, 2.24) is 14.9 Å². The van der Waals surface area contributed by atoms with Crippen molar-refractivity contribution >= 4 is 17.5 Å². The minimum atomic E-state index is -0.515. The minimum absolute atomic E-state index is 0.0294. The number of carbonyl (C=O) groups excluding carboxylic acids is 1. The number of nitrogens with zero attached hydrogens (tertiary/aromatic N) is 2. The molecule has 1 aliphatic heterocycles. The van der Waals surface area contributed by atoms with Gasteiger partial charge in [0.15, 0.2) is 0 Å². The summed E-state index contributed by atoms with van der Waals surface area (Å²) in [6.45, 7) is 3.23. The highest BCUT2D eigenvalue weighted by Crippen LogP contribution is 2.27. The predicted molar refractivity (Wildman–Crippen MR) is 78.0 cm³/mol. The van der Waals surface area contributed by atoms with Gasteiger partial charge in [-0.2, -0.15) is 0 Å². The highest BCUT2D eigenvalue weighted by molar-refractivity contribution is 6.31. The van der Waals surface area contributed by atoms with Crippen LogP contribution in [0.1, 0.15) is 34.2 Å². The zero-order chi connectivity index (χ0) is 15.0. The van der Waals surface area contributed by atoms with Gasteiger partial charge in [0.1, 0.15) is 11.6 Å². The Bertz CT molecular complexity index is 685. The molecule has 2 aromatic rings. The van der Waals surface area contributed by atoms with Gasteiger partial charge in [0.25, 0.3) is 5.91 Å². The van der Waals surface area contributed by atoms with E-state index < -0.39 is 5.82 Å². The number of halogens is 2. The van der Waals surface area contributed by atoms with Crippen LogP contribution in [-0.2, 0) is 0 Å². The normalized spacial score (nSPS) is 18.2. The molecule has 1 fully saturated rings. The molecule has 0 radical (unpaired) electrons. The van der Waals surface area contributed by atoms with E-state index in [9.17, 15) is 9.18 Å². The molecule has 3 rings (SSSR count). The number of hydrogen-bond donors (Lipinski definition) is 1. The van der Waals surface area contributed by atoms with Crippen molar-refractivity contribution < 1.29 is 9.18 Å². The van der Waals surface area contributed by atoms with Crippen LogP contribution in [0.15, 0.2) is 24.4 Å². The zero-order valence-corrected chi connectivity index (χ0v) is 12.3. The lowest BCUT2D eigenvalue weighted by Crippen LogP contribution is -2.28. The van der Waals surface area contributed by atoms with Gasteiger partial charge in [-0.15, -0.1) is 0 Å². The second-order valence-electron chi connectivity index (χ2n) is 5.32. The number of hydrogen-bond acceptors (Lipinski definition) is 2. The first kappa shape index (κ1) is 14.1. The molecule has 1 N–H and O–H groups in total. The van der Waals surface area contributed by atoms with Crippen LogP contribution in [0.25, 0.3) is 0 Å². The molecule has 1 amide bonds. The summed E-state index contributed by atoms with van der Waals surface area (Å²) in [4.78, 5) is 21.7. The Balaban J connectivity index is 1.73. The molecule has 1 aliphatic rings. The molecule has 0 saturated carbocycles. The van der Waals surface area contributed by atoms with Gasteiger partial charge in [-0.1, -0.05) is 11.6 Å². The summed E-state index contributed by atoms with van der Waals surface area (Å²) in [5, 5.41) is -0.0294. The molecule has 1 aromatic carbocycles. The summed E-state index contributed by atoms with van der Waals surface area (Å²) in [5.74, 6) is 0.500. The lowest BCUT2D eigenvalue weighted by molar-refractivity contribution is 0.0790. The number of H-pyrrole nitrogens is 1. The number of imidazole rings is 1. The van der Waals surface area contributed by atoms with Gasteiger partial charge in [0, 0.05) is 36.5 Å². The number of carbonyl (C=O) groups is 1. The summed E-state index contributed by atoms with van der Waals surface area (Å²) in [6, 6.07) is 4.07. The van der Waals surface area contributed by atoms with Gasteiger partial charge in [-0.3, -0.25) is 4.79 Å². The van der Waals surface area contributed by atoms with Crippen LogP contribution >= 0.6 is 11.6 Å². The molecule has 21 heavy (non-hydrogen) atoms. The fourth-order valence-electron chi connectivity index (χ4n) is 2.62. The van der Waals surface area contributed by atoms with Crippen molar-refractivity contribution in [2.45, 2.75) is 19.3 Å². The first-order chi connectivity index (χ1) is 10.0. The first-order valence-corrected chi connectivity index (χ1v) is 7.18. The molecule has 1 atom stereocenters. The third-order valence-corrected chi connectivity index (χ3v) is 4.04. The number of aryl methyl sites for hydroxylation is 1. The topological polar surface area (TPSA) is 49.0 Å². The predicted octanol–water partition coefficient (Wildman–Crippen LogP) is 3.14. The van der Waals surface area contributed by atoms with Crippen molar-refractivity contribution in [3.63, 3.8) is 0 Å². The van der Waals surface area contributed by atoms with E-state index in [4.69, 9.17) is 11.6 Å². The fraction of sp³-hybridized carbons (Fsp3) is 0.333. The van der Waals surface area contributed by atoms with E-state index in [0.29, 0.717) is 18.7 Å². The summed E-state index contributed by atoms with van der Waals surface area (Å²) < 4.78 is 13.2. The van der Waals surface area contributed by atoms with Gasteiger partial charge in [-0.05, 0) is 31.5 Å². The maximum atomic E-state index is 13.2. The van der Waals surface area contributed by atoms with Gasteiger partial charge >= 0.3 is 0 Å². The van der Waals surface area contributed by atoms with E-state index in [1.165, 1.54) is 18.2 Å². The van der Waals surface area contributed by atoms with Crippen molar-refractivity contribution in [3.05, 3.63) is 52.3 Å². The van der Waals surface area contributed by atoms with E-state index >= 15 is 0 Å². The van der Waals surface area contributed by atoms with E-state index in [1.54, 1.807) is 11.1 Å². The molecule has 0 spiro atoms. The maximum Gasteiger partial charge on any atom is 0.253 e. The molecule has 2 heterocycles. The monoisotopic (exact) mass is 307 g/mol. The quantitative estimate of drug-likeness (QED) is 0.926. The van der Waals surface area contributed by atoms with Crippen molar-refractivity contribution in [1.29, 1.82) is 0 Å². The molecule has 0 bridgehead atoms. The number of nitrogens with one attached hydrogen (secondary N) is 1. The summed E-state index contributed by atoms with van der Waals surface area (Å²) in [5.41, 5.74) is 1.43. The maximum absolute atomic E-state index is 13.2. The summed E-state index contributed by atoms with van der Waals surface area (Å²) >= 11 is 5.73. The summed E-state index contributed by atoms with van der Waals surface area (Å²) in [6.07, 6.45) is 2.66. The Morgan fingerprint density at radius 2 is 2.33 bits per heavy atom. The smallest absolute Gasteiger partial charge is 0.253 e. The first-order valence-electron chi connectivity index (χ1n) is 6.80. The minimum Gasteiger partial charge on any atom is -0.346 e. The van der Waals surface area contributed by atoms with Crippen LogP contribution in [-0.4, -0.2) is 33.9 Å². The lowest BCUT2D eigenvalue weighted by atomic mass is 10.1. The van der Waals surface area contributed by atoms with Crippen molar-refractivity contribution in [3.8, 4) is 0 Å². The second-order valence-corrected chi connectivity index (χ2v) is 5.72. The number of likely N-dealkylation sites (tertiary alicyclic amines) is 1. The average Bonchev–Trinajstić information content (AvgIpc) is 3.09. The molecular weight excluding hydrogens is 293 g/mol. The number of amides is 1. The van der Waals surface area contributed by atoms with Crippen LogP contribution < -0.4 is 0 Å². The Kier molecular flexibility index (Phi) is 3.68. The van der Waals surface area contributed by atoms with Gasteiger partial charge in [-0.25, -0.2) is 9.37 Å². The van der Waals surface area contributed by atoms with Gasteiger partial charge < -0.3 is 9.88 Å². The Morgan fingerprint density at radius 1 is 1.52 bits per heavy atom. The van der Waals surface area contributed by atoms with E-state index in [1.807, 2.05) is 6.92 Å². The Labute approximate surface area is 126 Å². The van der Waals surface area contributed by atoms with E-state index in [0.717, 1.165) is 17.9 Å². The highest BCUT2D eigenvalue weighted by Gasteiger charge is 2.29. The molecule has 4 nitrogen and oxygen atoms in total. The van der Waals surface area contributed by atoms with E-state index in [-0.39, 0.29) is 16.8 Å². The van der Waals surface area contributed by atoms with Crippen LogP contribution in [0, 0.1) is 12.7 Å². The number of rotatable bonds is 2. The standard InChI is InChI=1S/C15H15ClFN3O/c1-9-7-18-14(19-9)11-4-5-20(8-11)15(21)10-2-3-13(17)12(16)6-10/h2-3,6-7,11H,4-5,8H2,1H3,(H,18,19)/t11-/m1/s1. The Morgan fingerprint density at radius 3 is 3.00 bits per heavy atom. The number of aromatic nitrogens is 2. The molecular formula is C15H15ClFN3O. The molecule has 0 aliphatic carbocycles. The average molecular weight is 308 g/mol. The zero-order valence-electron chi connectivity index (χ0n) is 11.6. The van der Waals surface area contributed by atoms with Gasteiger partial charge in [0.05, 0.1) is 5.02 Å². The van der Waals surface area contributed by atoms with Crippen LogP contribution in [0.2, 0.25) is 5.02 Å². The van der Waals surface area contributed by atoms with Gasteiger partial charge in [0.2, 0.25) is 0 Å². The van der Waals surface area contributed by atoms with Crippen LogP contribution in [0.4, 0.5) is 4.39 Å². The molecule has 110 valence electrons. The van der Waals surface area contributed by atoms with Crippen molar-refractivity contribution in [2.75, 3.05) is 13.1 Å². The Hall–Kier alpha value is -1.88. The van der Waals surface area contributed by atoms with Crippen LogP contribution in [0.5, 0.6) is 0 Å². The number of benzene rings is 1. The fourth-order valence-corrected chi connectivity index (χ4v) is 2.80. The third kappa shape index (κ3) is 2.78. The third-order valence-electron chi connectivity index (χ3n) is 3.75. The van der Waals surface area contributed by atoms with E-state index in [2.05, 4.69) is 9.97 Å². The second kappa shape index (κ2) is 5.48. The SMILES string of the molecule is Cc1cnc([C@@H]2CCN(C(=O)c3ccc(F)c(Cl)c3)C2)[nH]1. The number of aromatic amines is 1. The lowest BCUT2D eigenvalue weighted by Gasteiger charge is -2.16.